The second-order valence-corrected chi connectivity index (χ2v) is 4.29. The Bertz CT molecular complexity index is 507. The number of nitrogen functional groups attached to an aromatic ring is 1. The highest BCUT2D eigenvalue weighted by Gasteiger charge is 2.09. The first-order chi connectivity index (χ1) is 7.61. The summed E-state index contributed by atoms with van der Waals surface area (Å²) in [5.74, 6) is 0. The Labute approximate surface area is 96.9 Å². The average molecular weight is 211 g/mol. The van der Waals surface area contributed by atoms with Crippen LogP contribution >= 0.6 is 0 Å². The van der Waals surface area contributed by atoms with E-state index in [0.717, 1.165) is 5.69 Å². The summed E-state index contributed by atoms with van der Waals surface area (Å²) in [6.45, 7) is 6.39. The van der Waals surface area contributed by atoms with E-state index in [9.17, 15) is 0 Å². The number of rotatable bonds is 1. The summed E-state index contributed by atoms with van der Waals surface area (Å²) in [6, 6.07) is 12.4. The van der Waals surface area contributed by atoms with Gasteiger partial charge in [0.1, 0.15) is 0 Å². The molecule has 16 heavy (non-hydrogen) atoms. The molecule has 0 bridgehead atoms. The van der Waals surface area contributed by atoms with Crippen molar-refractivity contribution in [3.63, 3.8) is 0 Å². The highest BCUT2D eigenvalue weighted by molar-refractivity contribution is 5.81. The van der Waals surface area contributed by atoms with Crippen LogP contribution in [0.25, 0.3) is 11.1 Å². The van der Waals surface area contributed by atoms with E-state index in [2.05, 4.69) is 45.0 Å². The predicted octanol–water partition coefficient (Wildman–Crippen LogP) is 3.86. The third-order valence-corrected chi connectivity index (χ3v) is 3.18. The van der Waals surface area contributed by atoms with Crippen LogP contribution in [0.4, 0.5) is 5.69 Å². The van der Waals surface area contributed by atoms with E-state index < -0.39 is 0 Å². The molecule has 0 aliphatic heterocycles. The van der Waals surface area contributed by atoms with E-state index >= 15 is 0 Å². The molecule has 0 aliphatic carbocycles. The Hall–Kier alpha value is -1.76. The van der Waals surface area contributed by atoms with E-state index in [0.29, 0.717) is 0 Å². The standard InChI is InChI=1S/C15H17N/c1-10-6-4-8-13(12(10)3)15-11(2)7-5-9-14(15)16/h4-9H,16H2,1-3H3. The van der Waals surface area contributed by atoms with Crippen LogP contribution in [0.5, 0.6) is 0 Å². The van der Waals surface area contributed by atoms with Crippen molar-refractivity contribution in [2.24, 2.45) is 0 Å². The van der Waals surface area contributed by atoms with Gasteiger partial charge in [-0.1, -0.05) is 30.3 Å². The van der Waals surface area contributed by atoms with Gasteiger partial charge in [-0.25, -0.2) is 0 Å². The molecule has 0 radical (unpaired) electrons. The summed E-state index contributed by atoms with van der Waals surface area (Å²) in [4.78, 5) is 0. The zero-order valence-corrected chi connectivity index (χ0v) is 10.0. The average Bonchev–Trinajstić information content (AvgIpc) is 2.24. The highest BCUT2D eigenvalue weighted by atomic mass is 14.6. The number of benzene rings is 2. The molecule has 2 N–H and O–H groups in total. The fourth-order valence-electron chi connectivity index (χ4n) is 2.08. The molecule has 1 heteroatoms. The van der Waals surface area contributed by atoms with Crippen molar-refractivity contribution in [2.45, 2.75) is 20.8 Å². The molecular weight excluding hydrogens is 194 g/mol. The number of anilines is 1. The molecule has 0 heterocycles. The molecule has 0 amide bonds. The van der Waals surface area contributed by atoms with Crippen molar-refractivity contribution in [1.82, 2.24) is 0 Å². The molecule has 0 unspecified atom stereocenters. The molecule has 0 fully saturated rings. The minimum absolute atomic E-state index is 0.855. The van der Waals surface area contributed by atoms with Gasteiger partial charge in [-0.15, -0.1) is 0 Å². The zero-order valence-electron chi connectivity index (χ0n) is 10.0. The summed E-state index contributed by atoms with van der Waals surface area (Å²) in [7, 11) is 0. The molecule has 0 aromatic heterocycles. The monoisotopic (exact) mass is 211 g/mol. The predicted molar refractivity (Wildman–Crippen MR) is 70.5 cm³/mol. The van der Waals surface area contributed by atoms with Gasteiger partial charge in [-0.2, -0.15) is 0 Å². The first-order valence-corrected chi connectivity index (χ1v) is 5.53. The second kappa shape index (κ2) is 4.01. The first kappa shape index (κ1) is 10.7. The Morgan fingerprint density at radius 2 is 1.44 bits per heavy atom. The van der Waals surface area contributed by atoms with Gasteiger partial charge in [-0.3, -0.25) is 0 Å². The van der Waals surface area contributed by atoms with Crippen molar-refractivity contribution in [3.8, 4) is 11.1 Å². The minimum Gasteiger partial charge on any atom is -0.398 e. The lowest BCUT2D eigenvalue weighted by atomic mass is 9.93. The summed E-state index contributed by atoms with van der Waals surface area (Å²) in [5.41, 5.74) is 13.2. The second-order valence-electron chi connectivity index (χ2n) is 4.29. The topological polar surface area (TPSA) is 26.0 Å². The quantitative estimate of drug-likeness (QED) is 0.712. The molecule has 82 valence electrons. The SMILES string of the molecule is Cc1cccc(-c2c(C)cccc2N)c1C. The molecule has 2 rings (SSSR count). The summed E-state index contributed by atoms with van der Waals surface area (Å²) in [5, 5.41) is 0. The molecule has 0 atom stereocenters. The van der Waals surface area contributed by atoms with Crippen LogP contribution in [-0.2, 0) is 0 Å². The van der Waals surface area contributed by atoms with E-state index in [1.54, 1.807) is 0 Å². The van der Waals surface area contributed by atoms with Crippen molar-refractivity contribution in [1.29, 1.82) is 0 Å². The maximum Gasteiger partial charge on any atom is 0.0396 e. The van der Waals surface area contributed by atoms with Gasteiger partial charge in [0.05, 0.1) is 0 Å². The van der Waals surface area contributed by atoms with E-state index in [1.165, 1.54) is 27.8 Å². The fourth-order valence-corrected chi connectivity index (χ4v) is 2.08. The molecule has 2 aromatic rings. The van der Waals surface area contributed by atoms with Crippen LogP contribution in [0.1, 0.15) is 16.7 Å². The molecule has 0 saturated heterocycles. The van der Waals surface area contributed by atoms with Crippen LogP contribution in [-0.4, -0.2) is 0 Å². The lowest BCUT2D eigenvalue weighted by Gasteiger charge is -2.13. The molecule has 2 aromatic carbocycles. The van der Waals surface area contributed by atoms with Crippen LogP contribution in [0.2, 0.25) is 0 Å². The Morgan fingerprint density at radius 3 is 2.12 bits per heavy atom. The van der Waals surface area contributed by atoms with E-state index in [4.69, 9.17) is 5.73 Å². The molecule has 1 nitrogen and oxygen atoms in total. The van der Waals surface area contributed by atoms with Gasteiger partial charge in [0.15, 0.2) is 0 Å². The number of hydrogen-bond acceptors (Lipinski definition) is 1. The number of aryl methyl sites for hydroxylation is 2. The molecule has 0 spiro atoms. The number of hydrogen-bond donors (Lipinski definition) is 1. The first-order valence-electron chi connectivity index (χ1n) is 5.53. The third kappa shape index (κ3) is 1.69. The minimum atomic E-state index is 0.855. The van der Waals surface area contributed by atoms with E-state index in [1.807, 2.05) is 12.1 Å². The zero-order chi connectivity index (χ0) is 11.7. The summed E-state index contributed by atoms with van der Waals surface area (Å²) in [6.07, 6.45) is 0. The Kier molecular flexibility index (Phi) is 2.69. The van der Waals surface area contributed by atoms with Crippen LogP contribution in [0.3, 0.4) is 0 Å². The van der Waals surface area contributed by atoms with Gasteiger partial charge in [0.25, 0.3) is 0 Å². The normalized spacial score (nSPS) is 10.4. The van der Waals surface area contributed by atoms with E-state index in [-0.39, 0.29) is 0 Å². The Balaban J connectivity index is 2.73. The lowest BCUT2D eigenvalue weighted by molar-refractivity contribution is 1.33. The van der Waals surface area contributed by atoms with Crippen molar-refractivity contribution in [2.75, 3.05) is 5.73 Å². The summed E-state index contributed by atoms with van der Waals surface area (Å²) >= 11 is 0. The van der Waals surface area contributed by atoms with Crippen molar-refractivity contribution < 1.29 is 0 Å². The van der Waals surface area contributed by atoms with Gasteiger partial charge >= 0.3 is 0 Å². The summed E-state index contributed by atoms with van der Waals surface area (Å²) < 4.78 is 0. The van der Waals surface area contributed by atoms with Crippen LogP contribution in [0.15, 0.2) is 36.4 Å². The largest absolute Gasteiger partial charge is 0.398 e. The van der Waals surface area contributed by atoms with Crippen molar-refractivity contribution >= 4 is 5.69 Å². The third-order valence-electron chi connectivity index (χ3n) is 3.18. The van der Waals surface area contributed by atoms with Gasteiger partial charge in [-0.05, 0) is 49.1 Å². The highest BCUT2D eigenvalue weighted by Crippen LogP contribution is 2.32. The molecule has 0 saturated carbocycles. The van der Waals surface area contributed by atoms with Crippen molar-refractivity contribution in [3.05, 3.63) is 53.1 Å². The van der Waals surface area contributed by atoms with Crippen LogP contribution < -0.4 is 5.73 Å². The maximum absolute atomic E-state index is 6.07. The Morgan fingerprint density at radius 1 is 0.812 bits per heavy atom. The molecule has 0 aliphatic rings. The van der Waals surface area contributed by atoms with Gasteiger partial charge < -0.3 is 5.73 Å². The molecular formula is C15H17N. The van der Waals surface area contributed by atoms with Gasteiger partial charge in [0.2, 0.25) is 0 Å². The van der Waals surface area contributed by atoms with Crippen LogP contribution in [0, 0.1) is 20.8 Å². The van der Waals surface area contributed by atoms with Gasteiger partial charge in [0, 0.05) is 11.3 Å². The maximum atomic E-state index is 6.07. The number of nitrogens with two attached hydrogens (primary N) is 1. The lowest BCUT2D eigenvalue weighted by Crippen LogP contribution is -1.95. The smallest absolute Gasteiger partial charge is 0.0396 e. The fraction of sp³-hybridized carbons (Fsp3) is 0.200.